The lowest BCUT2D eigenvalue weighted by Gasteiger charge is -2.08. The molecule has 0 saturated carbocycles. The number of thiophene rings is 1. The van der Waals surface area contributed by atoms with Crippen molar-refractivity contribution in [1.29, 1.82) is 0 Å². The minimum Gasteiger partial charge on any atom is -0.396 e. The van der Waals surface area contributed by atoms with E-state index in [2.05, 4.69) is 21.7 Å². The van der Waals surface area contributed by atoms with Crippen LogP contribution in [0.3, 0.4) is 0 Å². The predicted molar refractivity (Wildman–Crippen MR) is 73.7 cm³/mol. The van der Waals surface area contributed by atoms with Gasteiger partial charge in [0.2, 0.25) is 0 Å². The van der Waals surface area contributed by atoms with E-state index in [-0.39, 0.29) is 5.69 Å². The molecule has 2 aromatic rings. The van der Waals surface area contributed by atoms with E-state index < -0.39 is 5.91 Å². The fraction of sp³-hybridized carbons (Fsp3) is 0.167. The first kappa shape index (κ1) is 12.4. The maximum absolute atomic E-state index is 11.0. The van der Waals surface area contributed by atoms with E-state index in [1.807, 2.05) is 5.38 Å². The van der Waals surface area contributed by atoms with Crippen molar-refractivity contribution >= 4 is 28.7 Å². The molecule has 5 nitrogen and oxygen atoms in total. The molecule has 2 rings (SSSR count). The van der Waals surface area contributed by atoms with Gasteiger partial charge in [0.1, 0.15) is 11.5 Å². The van der Waals surface area contributed by atoms with Gasteiger partial charge in [-0.15, -0.1) is 0 Å². The van der Waals surface area contributed by atoms with Crippen LogP contribution < -0.4 is 16.8 Å². The number of amides is 1. The second-order valence-electron chi connectivity index (χ2n) is 3.81. The maximum atomic E-state index is 11.0. The summed E-state index contributed by atoms with van der Waals surface area (Å²) in [6.45, 7) is 0.705. The third-order valence-electron chi connectivity index (χ3n) is 2.47. The van der Waals surface area contributed by atoms with E-state index in [1.54, 1.807) is 17.4 Å². The van der Waals surface area contributed by atoms with Crippen LogP contribution in [0.5, 0.6) is 0 Å². The Labute approximate surface area is 109 Å². The fourth-order valence-corrected chi connectivity index (χ4v) is 2.21. The predicted octanol–water partition coefficient (Wildman–Crippen LogP) is 1.48. The molecule has 0 aliphatic heterocycles. The summed E-state index contributed by atoms with van der Waals surface area (Å²) < 4.78 is 0. The van der Waals surface area contributed by atoms with Crippen molar-refractivity contribution in [2.45, 2.75) is 6.42 Å². The number of nitrogen functional groups attached to an aromatic ring is 1. The van der Waals surface area contributed by atoms with Crippen molar-refractivity contribution < 1.29 is 4.79 Å². The molecule has 0 fully saturated rings. The molecule has 18 heavy (non-hydrogen) atoms. The first-order valence-corrected chi connectivity index (χ1v) is 6.42. The summed E-state index contributed by atoms with van der Waals surface area (Å²) in [4.78, 5) is 15.1. The Morgan fingerprint density at radius 1 is 1.39 bits per heavy atom. The Bertz CT molecular complexity index is 539. The first-order chi connectivity index (χ1) is 8.66. The van der Waals surface area contributed by atoms with Gasteiger partial charge in [0.05, 0.1) is 5.69 Å². The number of nitrogens with one attached hydrogen (secondary N) is 1. The van der Waals surface area contributed by atoms with Crippen molar-refractivity contribution in [2.75, 3.05) is 17.6 Å². The summed E-state index contributed by atoms with van der Waals surface area (Å²) in [5.41, 5.74) is 12.9. The molecule has 0 spiro atoms. The van der Waals surface area contributed by atoms with E-state index in [4.69, 9.17) is 11.5 Å². The van der Waals surface area contributed by atoms with Gasteiger partial charge in [-0.2, -0.15) is 11.3 Å². The Hall–Kier alpha value is -2.08. The highest BCUT2D eigenvalue weighted by Gasteiger charge is 2.06. The molecule has 6 heteroatoms. The molecule has 94 valence electrons. The van der Waals surface area contributed by atoms with E-state index >= 15 is 0 Å². The molecule has 0 aliphatic carbocycles. The Kier molecular flexibility index (Phi) is 3.78. The smallest absolute Gasteiger partial charge is 0.267 e. The van der Waals surface area contributed by atoms with E-state index in [0.717, 1.165) is 6.42 Å². The Balaban J connectivity index is 2.00. The number of nitrogens with two attached hydrogens (primary N) is 2. The lowest BCUT2D eigenvalue weighted by molar-refractivity contribution is 0.0996. The monoisotopic (exact) mass is 262 g/mol. The summed E-state index contributed by atoms with van der Waals surface area (Å²) in [6.07, 6.45) is 0.880. The zero-order valence-electron chi connectivity index (χ0n) is 9.72. The number of pyridine rings is 1. The molecule has 0 radical (unpaired) electrons. The second kappa shape index (κ2) is 5.50. The average Bonchev–Trinajstić information content (AvgIpc) is 2.84. The largest absolute Gasteiger partial charge is 0.396 e. The number of primary amides is 1. The SMILES string of the molecule is NC(=O)c1ccc(N)c(NCCc2ccsc2)n1. The summed E-state index contributed by atoms with van der Waals surface area (Å²) in [5, 5.41) is 7.24. The number of anilines is 2. The second-order valence-corrected chi connectivity index (χ2v) is 4.59. The van der Waals surface area contributed by atoms with E-state index in [9.17, 15) is 4.79 Å². The lowest BCUT2D eigenvalue weighted by atomic mass is 10.2. The molecule has 1 amide bonds. The molecule has 0 aliphatic rings. The summed E-state index contributed by atoms with van der Waals surface area (Å²) in [6, 6.07) is 5.21. The van der Waals surface area contributed by atoms with Crippen LogP contribution in [0.4, 0.5) is 11.5 Å². The molecule has 2 heterocycles. The molecule has 0 saturated heterocycles. The van der Waals surface area contributed by atoms with Crippen molar-refractivity contribution in [2.24, 2.45) is 5.73 Å². The minimum atomic E-state index is -0.559. The topological polar surface area (TPSA) is 94.0 Å². The third kappa shape index (κ3) is 2.98. The zero-order valence-corrected chi connectivity index (χ0v) is 10.5. The molecule has 0 bridgehead atoms. The van der Waals surface area contributed by atoms with Gasteiger partial charge in [0.15, 0.2) is 0 Å². The van der Waals surface area contributed by atoms with Gasteiger partial charge in [-0.3, -0.25) is 4.79 Å². The van der Waals surface area contributed by atoms with Gasteiger partial charge in [-0.25, -0.2) is 4.98 Å². The molecule has 0 aromatic carbocycles. The number of nitrogens with zero attached hydrogens (tertiary/aromatic N) is 1. The highest BCUT2D eigenvalue weighted by molar-refractivity contribution is 7.07. The van der Waals surface area contributed by atoms with Gasteiger partial charge in [0.25, 0.3) is 5.91 Å². The maximum Gasteiger partial charge on any atom is 0.267 e. The van der Waals surface area contributed by atoms with Gasteiger partial charge >= 0.3 is 0 Å². The van der Waals surface area contributed by atoms with E-state index in [0.29, 0.717) is 18.1 Å². The standard InChI is InChI=1S/C12H14N4OS/c13-9-1-2-10(11(14)17)16-12(9)15-5-3-8-4-6-18-7-8/h1-2,4,6-7H,3,5,13H2,(H2,14,17)(H,15,16). The average molecular weight is 262 g/mol. The number of aromatic nitrogens is 1. The number of hydrogen-bond donors (Lipinski definition) is 3. The van der Waals surface area contributed by atoms with Crippen LogP contribution in [-0.4, -0.2) is 17.4 Å². The van der Waals surface area contributed by atoms with Crippen LogP contribution in [0, 0.1) is 0 Å². The van der Waals surface area contributed by atoms with Crippen LogP contribution in [0.25, 0.3) is 0 Å². The first-order valence-electron chi connectivity index (χ1n) is 5.48. The van der Waals surface area contributed by atoms with Crippen molar-refractivity contribution in [1.82, 2.24) is 4.98 Å². The summed E-state index contributed by atoms with van der Waals surface area (Å²) in [5.74, 6) is -0.0579. The summed E-state index contributed by atoms with van der Waals surface area (Å²) in [7, 11) is 0. The van der Waals surface area contributed by atoms with Gasteiger partial charge < -0.3 is 16.8 Å². The highest BCUT2D eigenvalue weighted by atomic mass is 32.1. The van der Waals surface area contributed by atoms with Crippen molar-refractivity contribution in [3.63, 3.8) is 0 Å². The third-order valence-corrected chi connectivity index (χ3v) is 3.20. The molecule has 5 N–H and O–H groups in total. The van der Waals surface area contributed by atoms with Crippen LogP contribution >= 0.6 is 11.3 Å². The molecular weight excluding hydrogens is 248 g/mol. The normalized spacial score (nSPS) is 10.2. The number of rotatable bonds is 5. The number of carbonyl (C=O) groups excluding carboxylic acids is 1. The van der Waals surface area contributed by atoms with Crippen LogP contribution in [0.2, 0.25) is 0 Å². The fourth-order valence-electron chi connectivity index (χ4n) is 1.51. The van der Waals surface area contributed by atoms with Gasteiger partial charge in [-0.1, -0.05) is 0 Å². The molecule has 0 unspecified atom stereocenters. The van der Waals surface area contributed by atoms with Crippen LogP contribution in [0.15, 0.2) is 29.0 Å². The van der Waals surface area contributed by atoms with Crippen molar-refractivity contribution in [3.8, 4) is 0 Å². The number of hydrogen-bond acceptors (Lipinski definition) is 5. The molecule has 0 atom stereocenters. The molecule has 2 aromatic heterocycles. The minimum absolute atomic E-state index is 0.210. The Morgan fingerprint density at radius 3 is 2.89 bits per heavy atom. The van der Waals surface area contributed by atoms with Crippen molar-refractivity contribution in [3.05, 3.63) is 40.2 Å². The Morgan fingerprint density at radius 2 is 2.22 bits per heavy atom. The van der Waals surface area contributed by atoms with Gasteiger partial charge in [-0.05, 0) is 40.9 Å². The summed E-state index contributed by atoms with van der Waals surface area (Å²) >= 11 is 1.67. The van der Waals surface area contributed by atoms with Crippen LogP contribution in [0.1, 0.15) is 16.1 Å². The van der Waals surface area contributed by atoms with E-state index in [1.165, 1.54) is 11.6 Å². The van der Waals surface area contributed by atoms with Gasteiger partial charge in [0, 0.05) is 6.54 Å². The lowest BCUT2D eigenvalue weighted by Crippen LogP contribution is -2.15. The highest BCUT2D eigenvalue weighted by Crippen LogP contribution is 2.16. The zero-order chi connectivity index (χ0) is 13.0. The quantitative estimate of drug-likeness (QED) is 0.760. The molecular formula is C12H14N4OS. The van der Waals surface area contributed by atoms with Crippen LogP contribution in [-0.2, 0) is 6.42 Å². The number of carbonyl (C=O) groups is 1.